The highest BCUT2D eigenvalue weighted by Crippen LogP contribution is 2.18. The minimum atomic E-state index is -0.339. The summed E-state index contributed by atoms with van der Waals surface area (Å²) in [7, 11) is 0. The summed E-state index contributed by atoms with van der Waals surface area (Å²) in [6, 6.07) is -0.202. The van der Waals surface area contributed by atoms with Gasteiger partial charge in [0.05, 0.1) is 6.04 Å². The Morgan fingerprint density at radius 1 is 1.15 bits per heavy atom. The standard InChI is InChI=1S/C20H31NO5/c1-14-10-11-18(26-17(4)23)8-6-5-7-9-19(24)21-20(14)15(2)12-13-25-16(3)22/h10-12,14,18,20H,5-9,13H2,1-4H3,(H,21,24)/b11-10+,15-12+/t14-,18?,20-/m0/s1. The monoisotopic (exact) mass is 365 g/mol. The summed E-state index contributed by atoms with van der Waals surface area (Å²) >= 11 is 0. The molecule has 6 heteroatoms. The van der Waals surface area contributed by atoms with Crippen LogP contribution in [0.4, 0.5) is 0 Å². The van der Waals surface area contributed by atoms with Crippen molar-refractivity contribution in [2.75, 3.05) is 6.61 Å². The topological polar surface area (TPSA) is 81.7 Å². The van der Waals surface area contributed by atoms with Crippen molar-refractivity contribution in [3.8, 4) is 0 Å². The minimum absolute atomic E-state index is 0.00464. The number of nitrogens with one attached hydrogen (secondary N) is 1. The third-order valence-electron chi connectivity index (χ3n) is 4.36. The first-order valence-corrected chi connectivity index (χ1v) is 9.24. The van der Waals surface area contributed by atoms with Gasteiger partial charge >= 0.3 is 11.9 Å². The van der Waals surface area contributed by atoms with Crippen LogP contribution in [-0.2, 0) is 23.9 Å². The van der Waals surface area contributed by atoms with Gasteiger partial charge in [0.1, 0.15) is 12.7 Å². The summed E-state index contributed by atoms with van der Waals surface area (Å²) < 4.78 is 10.3. The van der Waals surface area contributed by atoms with Gasteiger partial charge in [-0.3, -0.25) is 14.4 Å². The number of hydrogen-bond donors (Lipinski definition) is 1. The van der Waals surface area contributed by atoms with Crippen LogP contribution in [0.1, 0.15) is 59.8 Å². The first-order chi connectivity index (χ1) is 12.3. The summed E-state index contributed by atoms with van der Waals surface area (Å²) in [6.07, 6.45) is 9.32. The van der Waals surface area contributed by atoms with E-state index in [1.165, 1.54) is 13.8 Å². The highest BCUT2D eigenvalue weighted by atomic mass is 16.5. The summed E-state index contributed by atoms with van der Waals surface area (Å²) in [5.41, 5.74) is 0.929. The Bertz CT molecular complexity index is 552. The molecule has 1 unspecified atom stereocenters. The maximum Gasteiger partial charge on any atom is 0.303 e. The van der Waals surface area contributed by atoms with Gasteiger partial charge in [0.15, 0.2) is 0 Å². The van der Waals surface area contributed by atoms with E-state index in [-0.39, 0.29) is 42.5 Å². The van der Waals surface area contributed by atoms with E-state index in [4.69, 9.17) is 9.47 Å². The average Bonchev–Trinajstić information content (AvgIpc) is 2.54. The molecular weight excluding hydrogens is 334 g/mol. The van der Waals surface area contributed by atoms with Gasteiger partial charge in [0.2, 0.25) is 5.91 Å². The van der Waals surface area contributed by atoms with Crippen LogP contribution in [0.5, 0.6) is 0 Å². The SMILES string of the molecule is CC(=O)OC/C=C(\C)[C@H]1NC(=O)CCCCCC(OC(C)=O)/C=C/[C@@H]1C. The predicted molar refractivity (Wildman–Crippen MR) is 99.3 cm³/mol. The van der Waals surface area contributed by atoms with E-state index in [0.717, 1.165) is 31.3 Å². The van der Waals surface area contributed by atoms with Gasteiger partial charge in [-0.2, -0.15) is 0 Å². The molecule has 0 fully saturated rings. The minimum Gasteiger partial charge on any atom is -0.462 e. The molecule has 0 aromatic heterocycles. The van der Waals surface area contributed by atoms with E-state index in [2.05, 4.69) is 5.32 Å². The van der Waals surface area contributed by atoms with Crippen molar-refractivity contribution in [1.29, 1.82) is 0 Å². The van der Waals surface area contributed by atoms with Gasteiger partial charge in [-0.05, 0) is 44.3 Å². The number of hydrogen-bond acceptors (Lipinski definition) is 5. The molecule has 1 N–H and O–H groups in total. The molecule has 0 saturated heterocycles. The number of amides is 1. The molecule has 26 heavy (non-hydrogen) atoms. The largest absolute Gasteiger partial charge is 0.462 e. The molecule has 1 aliphatic heterocycles. The van der Waals surface area contributed by atoms with E-state index in [0.29, 0.717) is 6.42 Å². The number of carbonyl (C=O) groups excluding carboxylic acids is 3. The van der Waals surface area contributed by atoms with Gasteiger partial charge < -0.3 is 14.8 Å². The normalized spacial score (nSPS) is 26.7. The third kappa shape index (κ3) is 8.83. The lowest BCUT2D eigenvalue weighted by atomic mass is 9.93. The van der Waals surface area contributed by atoms with E-state index >= 15 is 0 Å². The van der Waals surface area contributed by atoms with Gasteiger partial charge in [-0.25, -0.2) is 0 Å². The quantitative estimate of drug-likeness (QED) is 0.612. The van der Waals surface area contributed by atoms with Gasteiger partial charge in [0, 0.05) is 20.3 Å². The second-order valence-electron chi connectivity index (χ2n) is 6.79. The Hall–Kier alpha value is -2.11. The number of esters is 2. The maximum atomic E-state index is 12.2. The van der Waals surface area contributed by atoms with Crippen LogP contribution in [0.2, 0.25) is 0 Å². The molecule has 1 aliphatic rings. The molecule has 0 saturated carbocycles. The fraction of sp³-hybridized carbons (Fsp3) is 0.650. The molecular formula is C20H31NO5. The fourth-order valence-corrected chi connectivity index (χ4v) is 2.95. The van der Waals surface area contributed by atoms with E-state index < -0.39 is 0 Å². The van der Waals surface area contributed by atoms with Crippen LogP contribution < -0.4 is 5.32 Å². The van der Waals surface area contributed by atoms with Crippen molar-refractivity contribution < 1.29 is 23.9 Å². The summed E-state index contributed by atoms with van der Waals surface area (Å²) in [4.78, 5) is 34.5. The molecule has 1 rings (SSSR count). The number of carbonyl (C=O) groups is 3. The summed E-state index contributed by atoms with van der Waals surface area (Å²) in [6.45, 7) is 6.87. The Balaban J connectivity index is 2.93. The lowest BCUT2D eigenvalue weighted by Crippen LogP contribution is -2.40. The van der Waals surface area contributed by atoms with Crippen molar-refractivity contribution in [2.24, 2.45) is 5.92 Å². The highest BCUT2D eigenvalue weighted by Gasteiger charge is 2.21. The number of ether oxygens (including phenoxy) is 2. The second kappa shape index (κ2) is 11.5. The lowest BCUT2D eigenvalue weighted by Gasteiger charge is -2.25. The van der Waals surface area contributed by atoms with Crippen LogP contribution in [0, 0.1) is 5.92 Å². The van der Waals surface area contributed by atoms with Gasteiger partial charge in [-0.15, -0.1) is 0 Å². The summed E-state index contributed by atoms with van der Waals surface area (Å²) in [5, 5.41) is 3.07. The van der Waals surface area contributed by atoms with Crippen LogP contribution >= 0.6 is 0 Å². The first-order valence-electron chi connectivity index (χ1n) is 9.24. The molecule has 6 nitrogen and oxygen atoms in total. The fourth-order valence-electron chi connectivity index (χ4n) is 2.95. The van der Waals surface area contributed by atoms with Crippen molar-refractivity contribution in [3.63, 3.8) is 0 Å². The van der Waals surface area contributed by atoms with Gasteiger partial charge in [-0.1, -0.05) is 25.0 Å². The average molecular weight is 365 g/mol. The molecule has 3 atom stereocenters. The zero-order valence-electron chi connectivity index (χ0n) is 16.2. The summed E-state index contributed by atoms with van der Waals surface area (Å²) in [5.74, 6) is -0.603. The molecule has 0 spiro atoms. The smallest absolute Gasteiger partial charge is 0.303 e. The lowest BCUT2D eigenvalue weighted by molar-refractivity contribution is -0.144. The molecule has 1 heterocycles. The highest BCUT2D eigenvalue weighted by molar-refractivity contribution is 5.76. The Kier molecular flexibility index (Phi) is 9.70. The Morgan fingerprint density at radius 2 is 1.88 bits per heavy atom. The Labute approximate surface area is 156 Å². The van der Waals surface area contributed by atoms with Crippen LogP contribution in [-0.4, -0.2) is 36.6 Å². The zero-order chi connectivity index (χ0) is 19.5. The first kappa shape index (κ1) is 21.9. The van der Waals surface area contributed by atoms with Crippen molar-refractivity contribution in [1.82, 2.24) is 5.32 Å². The molecule has 0 radical (unpaired) electrons. The predicted octanol–water partition coefficient (Wildman–Crippen LogP) is 3.07. The zero-order valence-corrected chi connectivity index (χ0v) is 16.2. The van der Waals surface area contributed by atoms with E-state index in [9.17, 15) is 14.4 Å². The maximum absolute atomic E-state index is 12.2. The van der Waals surface area contributed by atoms with E-state index in [1.807, 2.05) is 32.1 Å². The van der Waals surface area contributed by atoms with Crippen LogP contribution in [0.3, 0.4) is 0 Å². The molecule has 0 aromatic rings. The van der Waals surface area contributed by atoms with Crippen molar-refractivity contribution in [3.05, 3.63) is 23.8 Å². The molecule has 0 bridgehead atoms. The Morgan fingerprint density at radius 3 is 2.54 bits per heavy atom. The van der Waals surface area contributed by atoms with Crippen LogP contribution in [0.15, 0.2) is 23.8 Å². The van der Waals surface area contributed by atoms with Gasteiger partial charge in [0.25, 0.3) is 0 Å². The molecule has 146 valence electrons. The molecule has 0 aliphatic carbocycles. The van der Waals surface area contributed by atoms with Crippen LogP contribution in [0.25, 0.3) is 0 Å². The number of rotatable bonds is 4. The third-order valence-corrected chi connectivity index (χ3v) is 4.36. The molecule has 0 aromatic carbocycles. The van der Waals surface area contributed by atoms with Crippen molar-refractivity contribution in [2.45, 2.75) is 71.9 Å². The van der Waals surface area contributed by atoms with Crippen molar-refractivity contribution >= 4 is 17.8 Å². The van der Waals surface area contributed by atoms with E-state index in [1.54, 1.807) is 0 Å². The molecule has 1 amide bonds. The second-order valence-corrected chi connectivity index (χ2v) is 6.79.